The summed E-state index contributed by atoms with van der Waals surface area (Å²) in [5.41, 5.74) is 15.2. The highest BCUT2D eigenvalue weighted by atomic mass is 14.2. The van der Waals surface area contributed by atoms with Gasteiger partial charge >= 0.3 is 0 Å². The normalized spacial score (nSPS) is 14.2. The Bertz CT molecular complexity index is 8180. The topological polar surface area (TPSA) is 0 Å². The molecule has 0 saturated carbocycles. The lowest BCUT2D eigenvalue weighted by molar-refractivity contribution is 1.58. The lowest BCUT2D eigenvalue weighted by atomic mass is 9.84. The Morgan fingerprint density at radius 3 is 0.554 bits per heavy atom. The standard InChI is InChI=1S/2C38H26.C36H24/c1-4-14-27(15-5-1)30-24-31(28-16-6-2-7-17-28)26-32(25-30)38-35-22-12-10-20-33(35)37(29-18-8-3-9-19-29)34-21-11-13-23-36(34)38;1-3-11-27(12-4-1)28-19-21-29(22-20-28)30-23-25-32(26-24-30)38-35-17-9-7-15-33(35)37(31-13-5-2-6-14-31)34-16-8-10-18-36(34)38;1-2-11-27(12-3-1)35-31-14-6-8-16-33(31)36(34-17-9-7-15-32(34)35)28-21-18-26(19-22-28)30-23-20-25-10-4-5-13-29(25)24-30/h2*1-26H;1-24H/i10D,11D,12D,13D,20D,21D,22D,23D;7D,8D,9D,10D,15D,16D,17D,18D;6D,7D,8D,9D,14D,15D,16D,17D. The van der Waals surface area contributed by atoms with Gasteiger partial charge in [0.1, 0.15) is 0 Å². The maximum atomic E-state index is 9.22. The van der Waals surface area contributed by atoms with Gasteiger partial charge in [-0.15, -0.1) is 0 Å². The number of hydrogen-bond acceptors (Lipinski definition) is 0. The van der Waals surface area contributed by atoms with Crippen LogP contribution >= 0.6 is 0 Å². The van der Waals surface area contributed by atoms with Crippen molar-refractivity contribution in [1.82, 2.24) is 0 Å². The molecule has 0 bridgehead atoms. The molecule has 0 nitrogen and oxygen atoms in total. The molecule has 0 aliphatic rings. The molecule has 21 rings (SSSR count). The summed E-state index contributed by atoms with van der Waals surface area (Å²) >= 11 is 0. The van der Waals surface area contributed by atoms with Gasteiger partial charge in [-0.2, -0.15) is 0 Å². The van der Waals surface area contributed by atoms with Crippen molar-refractivity contribution in [3.63, 3.8) is 0 Å². The molecule has 0 amide bonds. The molecular weight excluding hydrogens is 1350 g/mol. The van der Waals surface area contributed by atoms with Gasteiger partial charge in [0.15, 0.2) is 0 Å². The Labute approximate surface area is 688 Å². The number of fused-ring (bicyclic) bond motifs is 7. The van der Waals surface area contributed by atoms with Crippen molar-refractivity contribution in [3.8, 4) is 122 Å². The van der Waals surface area contributed by atoms with E-state index in [9.17, 15) is 2.74 Å². The van der Waals surface area contributed by atoms with Crippen molar-refractivity contribution in [1.29, 1.82) is 0 Å². The second-order valence-electron chi connectivity index (χ2n) is 27.0. The predicted octanol–water partition coefficient (Wildman–Crippen LogP) is 31.5. The van der Waals surface area contributed by atoms with E-state index in [-0.39, 0.29) is 137 Å². The summed E-state index contributed by atoms with van der Waals surface area (Å²) in [5, 5.41) is 4.76. The van der Waals surface area contributed by atoms with Gasteiger partial charge in [0, 0.05) is 0 Å². The fraction of sp³-hybridized carbons (Fsp3) is 0. The summed E-state index contributed by atoms with van der Waals surface area (Å²) in [4.78, 5) is 0. The van der Waals surface area contributed by atoms with Crippen LogP contribution in [0.4, 0.5) is 0 Å². The van der Waals surface area contributed by atoms with E-state index in [2.05, 4.69) is 54.6 Å². The van der Waals surface area contributed by atoms with Crippen molar-refractivity contribution in [2.75, 3.05) is 0 Å². The largest absolute Gasteiger partial charge is 0.0629 e. The third-order valence-corrected chi connectivity index (χ3v) is 20.5. The second-order valence-corrected chi connectivity index (χ2v) is 27.0. The maximum Gasteiger partial charge on any atom is 0.0629 e. The van der Waals surface area contributed by atoms with Gasteiger partial charge in [0.25, 0.3) is 0 Å². The Kier molecular flexibility index (Phi) is 12.7. The van der Waals surface area contributed by atoms with E-state index in [0.717, 1.165) is 66.4 Å². The first-order valence-electron chi connectivity index (χ1n) is 48.7. The summed E-state index contributed by atoms with van der Waals surface area (Å²) in [6, 6.07) is 92.1. The van der Waals surface area contributed by atoms with E-state index >= 15 is 0 Å². The van der Waals surface area contributed by atoms with Gasteiger partial charge in [-0.3, -0.25) is 0 Å². The zero-order valence-corrected chi connectivity index (χ0v) is 60.0. The summed E-state index contributed by atoms with van der Waals surface area (Å²) < 4.78 is 212. The molecule has 21 aromatic rings. The van der Waals surface area contributed by atoms with Gasteiger partial charge in [-0.05, 0) is 222 Å². The van der Waals surface area contributed by atoms with Gasteiger partial charge in [0.2, 0.25) is 0 Å². The molecule has 0 spiro atoms. The highest BCUT2D eigenvalue weighted by molar-refractivity contribution is 6.24. The molecule has 0 aliphatic heterocycles. The molecule has 524 valence electrons. The molecule has 0 heteroatoms. The summed E-state index contributed by atoms with van der Waals surface area (Å²) in [5.74, 6) is 0. The van der Waals surface area contributed by atoms with E-state index in [0.29, 0.717) is 66.8 Å². The van der Waals surface area contributed by atoms with Crippen LogP contribution in [0.3, 0.4) is 0 Å². The van der Waals surface area contributed by atoms with Crippen LogP contribution in [0.15, 0.2) is 460 Å². The van der Waals surface area contributed by atoms with Gasteiger partial charge < -0.3 is 0 Å². The first-order valence-corrected chi connectivity index (χ1v) is 36.7. The quantitative estimate of drug-likeness (QED) is 0.113. The molecule has 0 heterocycles. The Balaban J connectivity index is 0.000000131. The monoisotopic (exact) mass is 1440 g/mol. The Hall–Kier alpha value is -14.6. The van der Waals surface area contributed by atoms with Crippen LogP contribution < -0.4 is 0 Å². The molecule has 0 saturated heterocycles. The third kappa shape index (κ3) is 13.3. The van der Waals surface area contributed by atoms with Crippen LogP contribution in [0.2, 0.25) is 0 Å². The third-order valence-electron chi connectivity index (χ3n) is 20.5. The predicted molar refractivity (Wildman–Crippen MR) is 482 cm³/mol. The van der Waals surface area contributed by atoms with E-state index in [4.69, 9.17) is 30.2 Å². The van der Waals surface area contributed by atoms with E-state index in [1.807, 2.05) is 188 Å². The van der Waals surface area contributed by atoms with Crippen molar-refractivity contribution in [2.45, 2.75) is 0 Å². The smallest absolute Gasteiger partial charge is 0.0622 e. The van der Waals surface area contributed by atoms with Crippen LogP contribution in [0, 0.1) is 0 Å². The molecule has 0 N–H and O–H groups in total. The summed E-state index contributed by atoms with van der Waals surface area (Å²) in [6.45, 7) is 0. The summed E-state index contributed by atoms with van der Waals surface area (Å²) in [7, 11) is 0. The fourth-order valence-corrected chi connectivity index (χ4v) is 15.3. The highest BCUT2D eigenvalue weighted by Crippen LogP contribution is 2.49. The number of rotatable bonds is 11. The molecule has 0 unspecified atom stereocenters. The van der Waals surface area contributed by atoms with Crippen LogP contribution in [0.1, 0.15) is 32.9 Å². The van der Waals surface area contributed by atoms with Crippen LogP contribution in [0.25, 0.3) is 198 Å². The van der Waals surface area contributed by atoms with Crippen molar-refractivity contribution >= 4 is 75.4 Å². The van der Waals surface area contributed by atoms with Crippen LogP contribution in [-0.2, 0) is 0 Å². The minimum absolute atomic E-state index is 0.201. The van der Waals surface area contributed by atoms with Crippen molar-refractivity contribution in [3.05, 3.63) is 460 Å². The fourth-order valence-electron chi connectivity index (χ4n) is 15.3. The van der Waals surface area contributed by atoms with Crippen molar-refractivity contribution < 1.29 is 32.9 Å². The average Bonchev–Trinajstić information content (AvgIpc) is 0.707. The minimum Gasteiger partial charge on any atom is -0.0622 e. The number of benzene rings is 21. The molecule has 0 atom stereocenters. The minimum atomic E-state index is -0.416. The first kappa shape index (κ1) is 46.6. The molecule has 21 aromatic carbocycles. The van der Waals surface area contributed by atoms with Gasteiger partial charge in [-0.1, -0.05) is 436 Å². The lowest BCUT2D eigenvalue weighted by Gasteiger charge is -2.19. The summed E-state index contributed by atoms with van der Waals surface area (Å²) in [6.07, 6.45) is 0. The average molecular weight is 1450 g/mol. The first-order chi connectivity index (χ1) is 65.6. The zero-order valence-electron chi connectivity index (χ0n) is 84.0. The zero-order chi connectivity index (χ0) is 95.4. The van der Waals surface area contributed by atoms with Crippen molar-refractivity contribution in [2.24, 2.45) is 0 Å². The highest BCUT2D eigenvalue weighted by Gasteiger charge is 2.21. The van der Waals surface area contributed by atoms with Crippen LogP contribution in [-0.4, -0.2) is 0 Å². The van der Waals surface area contributed by atoms with Crippen LogP contribution in [0.5, 0.6) is 0 Å². The molecule has 0 fully saturated rings. The maximum absolute atomic E-state index is 9.22. The second kappa shape index (κ2) is 30.6. The lowest BCUT2D eigenvalue weighted by Crippen LogP contribution is -1.92. The van der Waals surface area contributed by atoms with Gasteiger partial charge in [-0.25, -0.2) is 0 Å². The number of hydrogen-bond donors (Lipinski definition) is 0. The van der Waals surface area contributed by atoms with E-state index in [1.54, 1.807) is 72.8 Å². The molecular formula is C112H76. The van der Waals surface area contributed by atoms with E-state index in [1.165, 1.54) is 0 Å². The van der Waals surface area contributed by atoms with E-state index < -0.39 is 72.5 Å². The molecule has 0 aliphatic carbocycles. The SMILES string of the molecule is [2H]c1c([2H])c([2H])c2c(-c3cc(-c4ccccc4)cc(-c4ccccc4)c3)c3c([2H])c([2H])c([2H])c([2H])c3c(-c3ccccc3)c2c1[2H].[2H]c1c([2H])c([2H])c2c(-c3ccc(-c4ccc(-c5ccccc5)cc4)cc3)c3c([2H])c([2H])c([2H])c([2H])c3c(-c3ccccc3)c2c1[2H].[2H]c1c([2H])c([2H])c2c(-c3ccc(-c4ccc5ccccc5c4)cc3)c3c([2H])c([2H])c([2H])c([2H])c3c(-c3ccccc3)c2c1[2H]. The molecule has 112 heavy (non-hydrogen) atoms. The molecule has 0 radical (unpaired) electrons. The Morgan fingerprint density at radius 1 is 0.116 bits per heavy atom. The van der Waals surface area contributed by atoms with Gasteiger partial charge in [0.05, 0.1) is 32.9 Å². The Morgan fingerprint density at radius 2 is 0.286 bits per heavy atom. The molecule has 0 aromatic heterocycles.